The van der Waals surface area contributed by atoms with E-state index in [1.807, 2.05) is 29.8 Å². The van der Waals surface area contributed by atoms with Gasteiger partial charge in [-0.3, -0.25) is 14.6 Å². The molecule has 0 saturated carbocycles. The zero-order chi connectivity index (χ0) is 25.7. The van der Waals surface area contributed by atoms with Crippen molar-refractivity contribution in [1.29, 1.82) is 0 Å². The molecule has 3 aliphatic heterocycles. The Bertz CT molecular complexity index is 1330. The number of nitrogens with zero attached hydrogens (tertiary/aromatic N) is 6. The van der Waals surface area contributed by atoms with Gasteiger partial charge in [0.15, 0.2) is 0 Å². The minimum Gasteiger partial charge on any atom is -0.379 e. The molecule has 3 aliphatic rings. The quantitative estimate of drug-likeness (QED) is 0.457. The summed E-state index contributed by atoms with van der Waals surface area (Å²) in [5.74, 6) is 2.85. The second kappa shape index (κ2) is 9.49. The van der Waals surface area contributed by atoms with Gasteiger partial charge >= 0.3 is 0 Å². The molecule has 2 atom stereocenters. The number of carbonyl (C=O) groups excluding carboxylic acids is 1. The lowest BCUT2D eigenvalue weighted by Gasteiger charge is -2.41. The number of amides is 1. The molecule has 9 heteroatoms. The zero-order valence-corrected chi connectivity index (χ0v) is 22.4. The summed E-state index contributed by atoms with van der Waals surface area (Å²) < 4.78 is 7.58. The molecule has 2 saturated heterocycles. The van der Waals surface area contributed by atoms with Crippen molar-refractivity contribution in [3.8, 4) is 0 Å². The number of benzene rings is 1. The van der Waals surface area contributed by atoms with Crippen molar-refractivity contribution < 1.29 is 9.53 Å². The van der Waals surface area contributed by atoms with E-state index in [2.05, 4.69) is 46.1 Å². The predicted molar refractivity (Wildman–Crippen MR) is 142 cm³/mol. The van der Waals surface area contributed by atoms with Gasteiger partial charge in [-0.2, -0.15) is 0 Å². The van der Waals surface area contributed by atoms with Crippen LogP contribution in [0.5, 0.6) is 0 Å². The molecule has 5 heterocycles. The van der Waals surface area contributed by atoms with Crippen LogP contribution in [0.4, 0.5) is 5.82 Å². The highest BCUT2D eigenvalue weighted by molar-refractivity contribution is 6.29. The lowest BCUT2D eigenvalue weighted by molar-refractivity contribution is -0.0611. The van der Waals surface area contributed by atoms with Crippen molar-refractivity contribution in [3.05, 3.63) is 69.9 Å². The number of aryl methyl sites for hydroxylation is 1. The van der Waals surface area contributed by atoms with Crippen LogP contribution < -0.4 is 4.90 Å². The van der Waals surface area contributed by atoms with E-state index in [-0.39, 0.29) is 11.3 Å². The Balaban J connectivity index is 1.24. The molecule has 2 fully saturated rings. The van der Waals surface area contributed by atoms with Crippen molar-refractivity contribution >= 4 is 23.3 Å². The average molecular weight is 521 g/mol. The fourth-order valence-electron chi connectivity index (χ4n) is 6.25. The van der Waals surface area contributed by atoms with Gasteiger partial charge in [-0.25, -0.2) is 4.98 Å². The maximum atomic E-state index is 13.6. The van der Waals surface area contributed by atoms with E-state index in [1.54, 1.807) is 11.2 Å². The number of piperidine rings is 1. The minimum absolute atomic E-state index is 0.0353. The van der Waals surface area contributed by atoms with Crippen molar-refractivity contribution in [2.24, 2.45) is 18.9 Å². The molecule has 2 aromatic heterocycles. The van der Waals surface area contributed by atoms with Gasteiger partial charge in [0.1, 0.15) is 23.1 Å². The summed E-state index contributed by atoms with van der Waals surface area (Å²) in [5.41, 5.74) is 3.72. The van der Waals surface area contributed by atoms with Crippen molar-refractivity contribution in [2.45, 2.75) is 45.2 Å². The first kappa shape index (κ1) is 24.5. The number of fused-ring (bicyclic) bond motifs is 1. The van der Waals surface area contributed by atoms with Crippen LogP contribution in [0, 0.1) is 11.8 Å². The third kappa shape index (κ3) is 4.67. The molecule has 0 radical (unpaired) electrons. The SMILES string of the molecule is C[C@@H]1C[C@H](C)CN(Cc2cc(Cl)nc(N3Cc4ccc(C5(Cc6nncn6C)COC5)cc4C3=O)c2)C1. The van der Waals surface area contributed by atoms with Gasteiger partial charge in [0.25, 0.3) is 5.91 Å². The number of hydrogen-bond donors (Lipinski definition) is 0. The number of pyridine rings is 1. The fourth-order valence-corrected chi connectivity index (χ4v) is 6.48. The molecule has 0 N–H and O–H groups in total. The van der Waals surface area contributed by atoms with Gasteiger partial charge < -0.3 is 9.30 Å². The molecule has 0 unspecified atom stereocenters. The Hall–Kier alpha value is -2.81. The van der Waals surface area contributed by atoms with Crippen LogP contribution in [0.25, 0.3) is 0 Å². The first-order chi connectivity index (χ1) is 17.8. The Morgan fingerprint density at radius 3 is 2.59 bits per heavy atom. The van der Waals surface area contributed by atoms with Crippen LogP contribution in [0.2, 0.25) is 5.15 Å². The molecule has 0 spiro atoms. The van der Waals surface area contributed by atoms with Crippen LogP contribution >= 0.6 is 11.6 Å². The standard InChI is InChI=1S/C28H33ClN6O2/c1-18-6-19(2)12-34(11-18)13-20-7-24(29)31-25(8-20)35-14-21-4-5-22(9-23(21)27(35)36)28(15-37-16-28)10-26-32-30-17-33(26)3/h4-5,7-9,17-19H,6,10-16H2,1-3H3/t18-,19+. The predicted octanol–water partition coefficient (Wildman–Crippen LogP) is 4.01. The third-order valence-electron chi connectivity index (χ3n) is 8.05. The van der Waals surface area contributed by atoms with Gasteiger partial charge in [-0.1, -0.05) is 37.6 Å². The zero-order valence-electron chi connectivity index (χ0n) is 21.7. The fraction of sp³-hybridized carbons (Fsp3) is 0.500. The number of anilines is 1. The first-order valence-electron chi connectivity index (χ1n) is 13.0. The minimum atomic E-state index is -0.201. The number of aromatic nitrogens is 4. The highest BCUT2D eigenvalue weighted by Gasteiger charge is 2.43. The van der Waals surface area contributed by atoms with Gasteiger partial charge in [0.2, 0.25) is 0 Å². The Morgan fingerprint density at radius 2 is 1.92 bits per heavy atom. The van der Waals surface area contributed by atoms with Crippen molar-refractivity contribution in [2.75, 3.05) is 31.2 Å². The molecule has 6 rings (SSSR count). The highest BCUT2D eigenvalue weighted by atomic mass is 35.5. The van der Waals surface area contributed by atoms with E-state index in [9.17, 15) is 4.79 Å². The summed E-state index contributed by atoms with van der Waals surface area (Å²) >= 11 is 6.46. The molecular formula is C28H33ClN6O2. The maximum absolute atomic E-state index is 13.6. The van der Waals surface area contributed by atoms with Crippen LogP contribution in [-0.4, -0.2) is 56.9 Å². The first-order valence-corrected chi connectivity index (χ1v) is 13.4. The Labute approximate surface area is 222 Å². The van der Waals surface area contributed by atoms with Crippen molar-refractivity contribution in [1.82, 2.24) is 24.6 Å². The topological polar surface area (TPSA) is 76.4 Å². The normalized spacial score (nSPS) is 23.2. The average Bonchev–Trinajstić information content (AvgIpc) is 3.37. The van der Waals surface area contributed by atoms with Gasteiger partial charge in [-0.05, 0) is 53.1 Å². The molecule has 0 bridgehead atoms. The molecule has 0 aliphatic carbocycles. The van der Waals surface area contributed by atoms with E-state index >= 15 is 0 Å². The molecule has 8 nitrogen and oxygen atoms in total. The number of halogens is 1. The van der Waals surface area contributed by atoms with E-state index in [4.69, 9.17) is 16.3 Å². The summed E-state index contributed by atoms with van der Waals surface area (Å²) in [4.78, 5) is 22.4. The summed E-state index contributed by atoms with van der Waals surface area (Å²) in [6, 6.07) is 10.2. The molecule has 1 aromatic carbocycles. The smallest absolute Gasteiger partial charge is 0.260 e. The number of likely N-dealkylation sites (tertiary alicyclic amines) is 1. The summed E-state index contributed by atoms with van der Waals surface area (Å²) in [7, 11) is 1.95. The second-order valence-electron chi connectivity index (χ2n) is 11.4. The van der Waals surface area contributed by atoms with E-state index in [1.165, 1.54) is 6.42 Å². The van der Waals surface area contributed by atoms with Crippen LogP contribution in [0.3, 0.4) is 0 Å². The molecule has 194 valence electrons. The van der Waals surface area contributed by atoms with Gasteiger partial charge in [0, 0.05) is 44.1 Å². The van der Waals surface area contributed by atoms with Crippen molar-refractivity contribution in [3.63, 3.8) is 0 Å². The molecule has 3 aromatic rings. The number of hydrogen-bond acceptors (Lipinski definition) is 6. The molecule has 37 heavy (non-hydrogen) atoms. The molecular weight excluding hydrogens is 488 g/mol. The van der Waals surface area contributed by atoms with Gasteiger partial charge in [0.05, 0.1) is 19.8 Å². The van der Waals surface area contributed by atoms with Crippen LogP contribution in [0.1, 0.15) is 53.1 Å². The third-order valence-corrected chi connectivity index (χ3v) is 8.25. The second-order valence-corrected chi connectivity index (χ2v) is 11.8. The van der Waals surface area contributed by atoms with E-state index in [0.717, 1.165) is 47.7 Å². The Kier molecular flexibility index (Phi) is 6.29. The van der Waals surface area contributed by atoms with Crippen LogP contribution in [-0.2, 0) is 36.7 Å². The largest absolute Gasteiger partial charge is 0.379 e. The maximum Gasteiger partial charge on any atom is 0.260 e. The summed E-state index contributed by atoms with van der Waals surface area (Å²) in [5, 5.41) is 8.71. The monoisotopic (exact) mass is 520 g/mol. The van der Waals surface area contributed by atoms with Gasteiger partial charge in [-0.15, -0.1) is 10.2 Å². The lowest BCUT2D eigenvalue weighted by Crippen LogP contribution is -2.49. The van der Waals surface area contributed by atoms with Crippen LogP contribution in [0.15, 0.2) is 36.7 Å². The van der Waals surface area contributed by atoms with E-state index < -0.39 is 0 Å². The molecule has 1 amide bonds. The lowest BCUT2D eigenvalue weighted by atomic mass is 9.75. The summed E-state index contributed by atoms with van der Waals surface area (Å²) in [6.45, 7) is 9.29. The number of ether oxygens (including phenoxy) is 1. The highest BCUT2D eigenvalue weighted by Crippen LogP contribution is 2.38. The summed E-state index contributed by atoms with van der Waals surface area (Å²) in [6.07, 6.45) is 3.70. The van der Waals surface area contributed by atoms with E-state index in [0.29, 0.717) is 49.0 Å². The Morgan fingerprint density at radius 1 is 1.14 bits per heavy atom. The number of rotatable bonds is 6. The number of carbonyl (C=O) groups is 1.